The summed E-state index contributed by atoms with van der Waals surface area (Å²) in [5.74, 6) is -1.92. The van der Waals surface area contributed by atoms with Gasteiger partial charge in [0.15, 0.2) is 0 Å². The first-order valence-electron chi connectivity index (χ1n) is 3.36. The van der Waals surface area contributed by atoms with E-state index in [2.05, 4.69) is 5.32 Å². The van der Waals surface area contributed by atoms with Gasteiger partial charge in [-0.15, -0.1) is 0 Å². The third kappa shape index (κ3) is 1.77. The Hall–Kier alpha value is -0.900. The van der Waals surface area contributed by atoms with Gasteiger partial charge in [0.25, 0.3) is 0 Å². The van der Waals surface area contributed by atoms with E-state index in [1.165, 1.54) is 7.05 Å². The van der Waals surface area contributed by atoms with Gasteiger partial charge in [0.1, 0.15) is 0 Å². The molecule has 0 unspecified atom stereocenters. The van der Waals surface area contributed by atoms with Crippen molar-refractivity contribution in [3.63, 3.8) is 0 Å². The van der Waals surface area contributed by atoms with E-state index in [0.29, 0.717) is 5.56 Å². The lowest BCUT2D eigenvalue weighted by atomic mass is 10.2. The summed E-state index contributed by atoms with van der Waals surface area (Å²) < 4.78 is 0. The highest BCUT2D eigenvalue weighted by Gasteiger charge is 2.21. The Morgan fingerprint density at radius 2 is 1.73 bits per heavy atom. The first-order valence-corrected chi connectivity index (χ1v) is 3.36. The second-order valence-corrected chi connectivity index (χ2v) is 2.29. The minimum Gasteiger partial charge on any atom is -0.350 e. The normalized spacial score (nSPS) is 11.5. The predicted molar refractivity (Wildman–Crippen MR) is 41.6 cm³/mol. The highest BCUT2D eigenvalue weighted by Crippen LogP contribution is 2.12. The Morgan fingerprint density at radius 3 is 2.18 bits per heavy atom. The van der Waals surface area contributed by atoms with Crippen molar-refractivity contribution < 1.29 is 10.2 Å². The number of benzene rings is 1. The lowest BCUT2D eigenvalue weighted by Crippen LogP contribution is -2.39. The van der Waals surface area contributed by atoms with Crippen LogP contribution in [0.4, 0.5) is 0 Å². The average molecular weight is 153 g/mol. The second-order valence-electron chi connectivity index (χ2n) is 2.29. The Labute approximate surface area is 65.3 Å². The molecule has 0 aromatic heterocycles. The lowest BCUT2D eigenvalue weighted by molar-refractivity contribution is -0.190. The highest BCUT2D eigenvalue weighted by molar-refractivity contribution is 5.18. The molecule has 60 valence electrons. The molecule has 0 atom stereocenters. The van der Waals surface area contributed by atoms with E-state index in [4.69, 9.17) is 0 Å². The zero-order chi connectivity index (χ0) is 8.32. The lowest BCUT2D eigenvalue weighted by Gasteiger charge is -2.20. The van der Waals surface area contributed by atoms with Crippen molar-refractivity contribution in [3.8, 4) is 0 Å². The SMILES string of the molecule is CNC(O)(O)c1ccccc1. The standard InChI is InChI=1S/C8H11NO2/c1-9-8(10,11)7-5-3-2-4-6-7/h2-6,9-11H,1H3. The summed E-state index contributed by atoms with van der Waals surface area (Å²) >= 11 is 0. The van der Waals surface area contributed by atoms with Crippen LogP contribution in [0.3, 0.4) is 0 Å². The topological polar surface area (TPSA) is 52.5 Å². The zero-order valence-electron chi connectivity index (χ0n) is 6.28. The van der Waals surface area contributed by atoms with Crippen molar-refractivity contribution in [3.05, 3.63) is 35.9 Å². The summed E-state index contributed by atoms with van der Waals surface area (Å²) in [5, 5.41) is 20.8. The van der Waals surface area contributed by atoms with Crippen LogP contribution in [0.15, 0.2) is 30.3 Å². The maximum absolute atomic E-state index is 9.24. The molecule has 3 heteroatoms. The molecule has 11 heavy (non-hydrogen) atoms. The molecule has 1 aromatic rings. The quantitative estimate of drug-likeness (QED) is 0.524. The van der Waals surface area contributed by atoms with E-state index in [0.717, 1.165) is 0 Å². The van der Waals surface area contributed by atoms with Crippen LogP contribution in [0.5, 0.6) is 0 Å². The maximum atomic E-state index is 9.24. The number of nitrogens with one attached hydrogen (secondary N) is 1. The van der Waals surface area contributed by atoms with E-state index < -0.39 is 5.91 Å². The average Bonchev–Trinajstić information content (AvgIpc) is 2.06. The smallest absolute Gasteiger partial charge is 0.250 e. The van der Waals surface area contributed by atoms with E-state index >= 15 is 0 Å². The van der Waals surface area contributed by atoms with Gasteiger partial charge >= 0.3 is 0 Å². The maximum Gasteiger partial charge on any atom is 0.250 e. The van der Waals surface area contributed by atoms with Gasteiger partial charge in [-0.25, -0.2) is 0 Å². The number of hydrogen-bond donors (Lipinski definition) is 3. The molecule has 0 aliphatic rings. The van der Waals surface area contributed by atoms with Crippen LogP contribution >= 0.6 is 0 Å². The van der Waals surface area contributed by atoms with Crippen LogP contribution < -0.4 is 5.32 Å². The van der Waals surface area contributed by atoms with Crippen LogP contribution in [-0.2, 0) is 5.91 Å². The molecular weight excluding hydrogens is 142 g/mol. The minimum atomic E-state index is -1.92. The van der Waals surface area contributed by atoms with E-state index in [9.17, 15) is 10.2 Å². The summed E-state index contributed by atoms with van der Waals surface area (Å²) in [7, 11) is 1.48. The summed E-state index contributed by atoms with van der Waals surface area (Å²) in [6, 6.07) is 8.57. The fourth-order valence-corrected chi connectivity index (χ4v) is 0.815. The van der Waals surface area contributed by atoms with Gasteiger partial charge in [-0.05, 0) is 7.05 Å². The number of hydrogen-bond acceptors (Lipinski definition) is 3. The van der Waals surface area contributed by atoms with Gasteiger partial charge in [0.05, 0.1) is 0 Å². The van der Waals surface area contributed by atoms with Crippen molar-refractivity contribution in [2.24, 2.45) is 0 Å². The Bertz CT molecular complexity index is 221. The fraction of sp³-hybridized carbons (Fsp3) is 0.250. The molecule has 0 aliphatic carbocycles. The third-order valence-corrected chi connectivity index (χ3v) is 1.52. The summed E-state index contributed by atoms with van der Waals surface area (Å²) in [6.07, 6.45) is 0. The van der Waals surface area contributed by atoms with Crippen molar-refractivity contribution in [2.45, 2.75) is 5.91 Å². The molecule has 3 nitrogen and oxygen atoms in total. The molecule has 0 spiro atoms. The van der Waals surface area contributed by atoms with Crippen molar-refractivity contribution >= 4 is 0 Å². The molecule has 0 fully saturated rings. The molecule has 0 heterocycles. The van der Waals surface area contributed by atoms with Gasteiger partial charge in [-0.3, -0.25) is 5.32 Å². The molecule has 1 aromatic carbocycles. The highest BCUT2D eigenvalue weighted by atomic mass is 16.5. The van der Waals surface area contributed by atoms with E-state index in [-0.39, 0.29) is 0 Å². The second kappa shape index (κ2) is 3.00. The van der Waals surface area contributed by atoms with Gasteiger partial charge in [0.2, 0.25) is 5.91 Å². The monoisotopic (exact) mass is 153 g/mol. The van der Waals surface area contributed by atoms with Crippen LogP contribution in [0, 0.1) is 0 Å². The first-order chi connectivity index (χ1) is 5.17. The molecular formula is C8H11NO2. The molecule has 0 saturated heterocycles. The minimum absolute atomic E-state index is 0.433. The molecule has 0 radical (unpaired) electrons. The fourth-order valence-electron chi connectivity index (χ4n) is 0.815. The third-order valence-electron chi connectivity index (χ3n) is 1.52. The molecule has 0 saturated carbocycles. The van der Waals surface area contributed by atoms with Crippen molar-refractivity contribution in [2.75, 3.05) is 7.05 Å². The number of aliphatic hydroxyl groups is 2. The van der Waals surface area contributed by atoms with E-state index in [1.54, 1.807) is 24.3 Å². The Balaban J connectivity index is 2.93. The van der Waals surface area contributed by atoms with Crippen LogP contribution in [-0.4, -0.2) is 17.3 Å². The molecule has 1 rings (SSSR count). The first kappa shape index (κ1) is 8.20. The summed E-state index contributed by atoms with van der Waals surface area (Å²) in [6.45, 7) is 0. The summed E-state index contributed by atoms with van der Waals surface area (Å²) in [4.78, 5) is 0. The molecule has 0 amide bonds. The zero-order valence-corrected chi connectivity index (χ0v) is 6.28. The van der Waals surface area contributed by atoms with E-state index in [1.807, 2.05) is 6.07 Å². The molecule has 3 N–H and O–H groups in total. The van der Waals surface area contributed by atoms with Crippen LogP contribution in [0.2, 0.25) is 0 Å². The molecule has 0 bridgehead atoms. The van der Waals surface area contributed by atoms with Gasteiger partial charge in [0, 0.05) is 5.56 Å². The van der Waals surface area contributed by atoms with Gasteiger partial charge in [-0.1, -0.05) is 30.3 Å². The predicted octanol–water partition coefficient (Wildman–Crippen LogP) is 0.000900. The van der Waals surface area contributed by atoms with Crippen LogP contribution in [0.1, 0.15) is 5.56 Å². The Morgan fingerprint density at radius 1 is 1.18 bits per heavy atom. The van der Waals surface area contributed by atoms with Gasteiger partial charge in [-0.2, -0.15) is 0 Å². The van der Waals surface area contributed by atoms with Crippen LogP contribution in [0.25, 0.3) is 0 Å². The van der Waals surface area contributed by atoms with Gasteiger partial charge < -0.3 is 10.2 Å². The van der Waals surface area contributed by atoms with Crippen molar-refractivity contribution in [1.82, 2.24) is 5.32 Å². The molecule has 0 aliphatic heterocycles. The Kier molecular flexibility index (Phi) is 2.24. The number of rotatable bonds is 2. The van der Waals surface area contributed by atoms with Crippen molar-refractivity contribution in [1.29, 1.82) is 0 Å². The summed E-state index contributed by atoms with van der Waals surface area (Å²) in [5.41, 5.74) is 0.433. The largest absolute Gasteiger partial charge is 0.350 e.